The number of nitroso groups, excluding NO2 is 1. The quantitative estimate of drug-likeness (QED) is 0.592. The minimum Gasteiger partial charge on any atom is -0.489 e. The summed E-state index contributed by atoms with van der Waals surface area (Å²) < 4.78 is 10.6. The van der Waals surface area contributed by atoms with Crippen molar-refractivity contribution in [3.63, 3.8) is 0 Å². The van der Waals surface area contributed by atoms with Crippen LogP contribution < -0.4 is 4.74 Å². The molecule has 1 aliphatic carbocycles. The molecule has 1 fully saturated rings. The molecule has 3 atom stereocenters. The van der Waals surface area contributed by atoms with Gasteiger partial charge in [-0.3, -0.25) is 4.79 Å². The van der Waals surface area contributed by atoms with E-state index in [0.29, 0.717) is 12.3 Å². The van der Waals surface area contributed by atoms with Crippen LogP contribution in [0.5, 0.6) is 5.75 Å². The third-order valence-electron chi connectivity index (χ3n) is 3.23. The molecular weight excluding hydrogens is 222 g/mol. The lowest BCUT2D eigenvalue weighted by molar-refractivity contribution is -0.145. The highest BCUT2D eigenvalue weighted by atomic mass is 16.5. The summed E-state index contributed by atoms with van der Waals surface area (Å²) in [5, 5.41) is 2.89. The molecule has 3 unspecified atom stereocenters. The molecule has 0 bridgehead atoms. The molecule has 1 aromatic rings. The Morgan fingerprint density at radius 2 is 2.35 bits per heavy atom. The molecule has 0 radical (unpaired) electrons. The highest BCUT2D eigenvalue weighted by molar-refractivity contribution is 5.81. The number of nitrogens with zero attached hydrogens (tertiary/aromatic N) is 1. The van der Waals surface area contributed by atoms with Crippen molar-refractivity contribution in [1.29, 1.82) is 0 Å². The van der Waals surface area contributed by atoms with Crippen LogP contribution in [0.15, 0.2) is 23.4 Å². The van der Waals surface area contributed by atoms with E-state index in [4.69, 9.17) is 9.47 Å². The zero-order chi connectivity index (χ0) is 12.0. The van der Waals surface area contributed by atoms with Crippen molar-refractivity contribution < 1.29 is 14.3 Å². The molecule has 3 rings (SSSR count). The number of hydrogen-bond acceptors (Lipinski definition) is 5. The van der Waals surface area contributed by atoms with Gasteiger partial charge in [0.05, 0.1) is 6.61 Å². The first-order chi connectivity index (χ1) is 8.26. The fraction of sp³-hybridized carbons (Fsp3) is 0.417. The van der Waals surface area contributed by atoms with Gasteiger partial charge in [-0.25, -0.2) is 0 Å². The number of carbonyl (C=O) groups is 1. The van der Waals surface area contributed by atoms with Crippen molar-refractivity contribution >= 4 is 11.7 Å². The third-order valence-corrected chi connectivity index (χ3v) is 3.23. The second kappa shape index (κ2) is 3.55. The molecule has 17 heavy (non-hydrogen) atoms. The van der Waals surface area contributed by atoms with Crippen molar-refractivity contribution in [1.82, 2.24) is 0 Å². The zero-order valence-electron chi connectivity index (χ0n) is 9.25. The number of rotatable bonds is 3. The molecule has 1 saturated carbocycles. The molecule has 0 spiro atoms. The molecule has 1 heterocycles. The van der Waals surface area contributed by atoms with Gasteiger partial charge in [-0.1, -0.05) is 0 Å². The first-order valence-electron chi connectivity index (χ1n) is 5.57. The lowest BCUT2D eigenvalue weighted by Crippen LogP contribution is -2.13. The fourth-order valence-corrected chi connectivity index (χ4v) is 2.43. The van der Waals surface area contributed by atoms with Crippen molar-refractivity contribution in [2.45, 2.75) is 18.9 Å². The fourth-order valence-electron chi connectivity index (χ4n) is 2.43. The summed E-state index contributed by atoms with van der Waals surface area (Å²) in [5.41, 5.74) is 1.26. The molecule has 5 nitrogen and oxygen atoms in total. The van der Waals surface area contributed by atoms with Gasteiger partial charge in [-0.15, -0.1) is 4.91 Å². The number of esters is 1. The number of benzene rings is 1. The highest BCUT2D eigenvalue weighted by Gasteiger charge is 2.63. The lowest BCUT2D eigenvalue weighted by Gasteiger charge is -2.07. The summed E-state index contributed by atoms with van der Waals surface area (Å²) in [6, 6.07) is 5.02. The Kier molecular flexibility index (Phi) is 2.14. The summed E-state index contributed by atoms with van der Waals surface area (Å²) >= 11 is 0. The topological polar surface area (TPSA) is 65.0 Å². The molecule has 0 amide bonds. The maximum atomic E-state index is 11.6. The summed E-state index contributed by atoms with van der Waals surface area (Å²) in [4.78, 5) is 22.1. The predicted molar refractivity (Wildman–Crippen MR) is 59.2 cm³/mol. The predicted octanol–water partition coefficient (Wildman–Crippen LogP) is 2.12. The monoisotopic (exact) mass is 233 g/mol. The molecule has 1 aliphatic heterocycles. The third kappa shape index (κ3) is 1.42. The molecule has 2 aliphatic rings. The van der Waals surface area contributed by atoms with Crippen LogP contribution >= 0.6 is 0 Å². The van der Waals surface area contributed by atoms with Crippen LogP contribution in [0.3, 0.4) is 0 Å². The van der Waals surface area contributed by atoms with Crippen LogP contribution in [-0.4, -0.2) is 18.7 Å². The number of ether oxygens (including phenoxy) is 2. The molecule has 0 saturated heterocycles. The Bertz CT molecular complexity index is 499. The minimum absolute atomic E-state index is 0.0331. The van der Waals surface area contributed by atoms with Gasteiger partial charge >= 0.3 is 5.97 Å². The molecule has 1 aromatic carbocycles. The SMILES string of the molecule is CCOC(=O)C1C2Oc3ccc(N=O)cc3C21. The van der Waals surface area contributed by atoms with Gasteiger partial charge in [-0.05, 0) is 30.3 Å². The Balaban J connectivity index is 1.85. The van der Waals surface area contributed by atoms with Gasteiger partial charge in [0.15, 0.2) is 0 Å². The lowest BCUT2D eigenvalue weighted by atomic mass is 10.1. The van der Waals surface area contributed by atoms with E-state index in [9.17, 15) is 9.70 Å². The first kappa shape index (κ1) is 10.3. The largest absolute Gasteiger partial charge is 0.489 e. The van der Waals surface area contributed by atoms with E-state index in [-0.39, 0.29) is 23.9 Å². The molecular formula is C12H11NO4. The van der Waals surface area contributed by atoms with Crippen LogP contribution in [-0.2, 0) is 9.53 Å². The normalized spacial score (nSPS) is 27.7. The summed E-state index contributed by atoms with van der Waals surface area (Å²) in [7, 11) is 0. The van der Waals surface area contributed by atoms with Crippen LogP contribution in [0.25, 0.3) is 0 Å². The van der Waals surface area contributed by atoms with Gasteiger partial charge < -0.3 is 9.47 Å². The van der Waals surface area contributed by atoms with Gasteiger partial charge in [0.25, 0.3) is 0 Å². The van der Waals surface area contributed by atoms with Crippen LogP contribution in [0.2, 0.25) is 0 Å². The molecule has 88 valence electrons. The Morgan fingerprint density at radius 3 is 3.06 bits per heavy atom. The number of carbonyl (C=O) groups excluding carboxylic acids is 1. The maximum absolute atomic E-state index is 11.6. The van der Waals surface area contributed by atoms with E-state index in [1.165, 1.54) is 0 Å². The second-order valence-corrected chi connectivity index (χ2v) is 4.20. The first-order valence-corrected chi connectivity index (χ1v) is 5.57. The standard InChI is InChI=1S/C12H11NO4/c1-2-16-12(14)10-9-7-5-6(13-15)3-4-8(7)17-11(9)10/h3-5,9-11H,2H2,1H3. The molecule has 0 N–H and O–H groups in total. The van der Waals surface area contributed by atoms with Gasteiger partial charge in [0.2, 0.25) is 0 Å². The second-order valence-electron chi connectivity index (χ2n) is 4.20. The molecule has 5 heteroatoms. The zero-order valence-corrected chi connectivity index (χ0v) is 9.25. The summed E-state index contributed by atoms with van der Waals surface area (Å²) in [6.07, 6.45) is -0.119. The molecule has 0 aromatic heterocycles. The number of fused-ring (bicyclic) bond motifs is 3. The Hall–Kier alpha value is -1.91. The van der Waals surface area contributed by atoms with E-state index >= 15 is 0 Å². The van der Waals surface area contributed by atoms with Gasteiger partial charge in [0, 0.05) is 11.5 Å². The van der Waals surface area contributed by atoms with Crippen molar-refractivity contribution in [3.8, 4) is 5.75 Å². The van der Waals surface area contributed by atoms with Crippen molar-refractivity contribution in [2.75, 3.05) is 6.61 Å². The average Bonchev–Trinajstić information content (AvgIpc) is 2.93. The van der Waals surface area contributed by atoms with Crippen LogP contribution in [0.1, 0.15) is 18.4 Å². The van der Waals surface area contributed by atoms with Gasteiger partial charge in [-0.2, -0.15) is 0 Å². The van der Waals surface area contributed by atoms with Crippen molar-refractivity contribution in [3.05, 3.63) is 28.7 Å². The van der Waals surface area contributed by atoms with Crippen LogP contribution in [0, 0.1) is 10.8 Å². The Morgan fingerprint density at radius 1 is 1.53 bits per heavy atom. The maximum Gasteiger partial charge on any atom is 0.313 e. The average molecular weight is 233 g/mol. The van der Waals surface area contributed by atoms with Crippen LogP contribution in [0.4, 0.5) is 5.69 Å². The van der Waals surface area contributed by atoms with E-state index in [1.807, 2.05) is 0 Å². The van der Waals surface area contributed by atoms with E-state index in [2.05, 4.69) is 5.18 Å². The summed E-state index contributed by atoms with van der Waals surface area (Å²) in [5.74, 6) is 0.334. The van der Waals surface area contributed by atoms with E-state index in [1.54, 1.807) is 25.1 Å². The summed E-state index contributed by atoms with van der Waals surface area (Å²) in [6.45, 7) is 2.15. The van der Waals surface area contributed by atoms with E-state index < -0.39 is 0 Å². The van der Waals surface area contributed by atoms with E-state index in [0.717, 1.165) is 11.3 Å². The number of hydrogen-bond donors (Lipinski definition) is 0. The van der Waals surface area contributed by atoms with Gasteiger partial charge in [0.1, 0.15) is 23.5 Å². The highest BCUT2D eigenvalue weighted by Crippen LogP contribution is 2.59. The smallest absolute Gasteiger partial charge is 0.313 e. The Labute approximate surface area is 97.7 Å². The van der Waals surface area contributed by atoms with Crippen molar-refractivity contribution in [2.24, 2.45) is 11.1 Å². The minimum atomic E-state index is -0.224.